The van der Waals surface area contributed by atoms with E-state index >= 15 is 0 Å². The van der Waals surface area contributed by atoms with Crippen molar-refractivity contribution in [3.05, 3.63) is 12.7 Å². The van der Waals surface area contributed by atoms with E-state index in [4.69, 9.17) is 4.18 Å². The molecule has 1 aliphatic rings. The summed E-state index contributed by atoms with van der Waals surface area (Å²) in [6.45, 7) is 6.63. The second-order valence-corrected chi connectivity index (χ2v) is 4.66. The van der Waals surface area contributed by atoms with Gasteiger partial charge in [-0.1, -0.05) is 25.8 Å². The summed E-state index contributed by atoms with van der Waals surface area (Å²) in [4.78, 5) is 0. The lowest BCUT2D eigenvalue weighted by Gasteiger charge is -2.25. The molecule has 0 aromatic heterocycles. The average molecular weight is 186 g/mol. The molecule has 0 amide bonds. The fourth-order valence-corrected chi connectivity index (χ4v) is 2.69. The molecule has 0 saturated heterocycles. The first-order valence-electron chi connectivity index (χ1n) is 4.72. The fraction of sp³-hybridized carbons (Fsp3) is 0.800. The van der Waals surface area contributed by atoms with Crippen LogP contribution in [0.15, 0.2) is 12.7 Å². The summed E-state index contributed by atoms with van der Waals surface area (Å²) in [5.41, 5.74) is 0. The predicted molar refractivity (Wildman–Crippen MR) is 55.2 cm³/mol. The third-order valence-corrected chi connectivity index (χ3v) is 3.25. The summed E-state index contributed by atoms with van der Waals surface area (Å²) in [6, 6.07) is 0. The monoisotopic (exact) mass is 186 g/mol. The molecule has 0 radical (unpaired) electrons. The fourth-order valence-electron chi connectivity index (χ4n) is 1.65. The summed E-state index contributed by atoms with van der Waals surface area (Å²) in [7, 11) is 0. The van der Waals surface area contributed by atoms with Crippen molar-refractivity contribution in [2.24, 2.45) is 5.92 Å². The van der Waals surface area contributed by atoms with E-state index in [-0.39, 0.29) is 0 Å². The second kappa shape index (κ2) is 5.65. The van der Waals surface area contributed by atoms with E-state index < -0.39 is 0 Å². The Morgan fingerprint density at radius 3 is 3.08 bits per heavy atom. The maximum Gasteiger partial charge on any atom is 0.0792 e. The van der Waals surface area contributed by atoms with Gasteiger partial charge in [0, 0.05) is 5.25 Å². The third kappa shape index (κ3) is 3.63. The van der Waals surface area contributed by atoms with Crippen LogP contribution in [0.1, 0.15) is 32.6 Å². The van der Waals surface area contributed by atoms with Crippen molar-refractivity contribution >= 4 is 12.0 Å². The van der Waals surface area contributed by atoms with Crippen LogP contribution < -0.4 is 0 Å². The Hall–Kier alpha value is 0.0500. The second-order valence-electron chi connectivity index (χ2n) is 3.56. The molecule has 0 N–H and O–H groups in total. The lowest BCUT2D eigenvalue weighted by atomic mass is 9.91. The molecule has 1 aliphatic carbocycles. The zero-order valence-corrected chi connectivity index (χ0v) is 8.61. The van der Waals surface area contributed by atoms with E-state index in [0.29, 0.717) is 6.61 Å². The molecule has 0 heterocycles. The van der Waals surface area contributed by atoms with E-state index in [1.807, 2.05) is 0 Å². The van der Waals surface area contributed by atoms with Crippen molar-refractivity contribution in [2.75, 3.05) is 6.61 Å². The summed E-state index contributed by atoms with van der Waals surface area (Å²) >= 11 is 1.65. The highest BCUT2D eigenvalue weighted by molar-refractivity contribution is 7.95. The smallest absolute Gasteiger partial charge is 0.0792 e. The standard InChI is InChI=1S/C10H18OS/c1-3-7-11-12-10-6-4-5-9(2)8-10/h3,9-10H,1,4-8H2,2H3/t9-,10+/m1/s1. The molecule has 0 unspecified atom stereocenters. The molecule has 70 valence electrons. The summed E-state index contributed by atoms with van der Waals surface area (Å²) in [6.07, 6.45) is 7.22. The SMILES string of the molecule is C=CCOS[C@H]1CCC[C@@H](C)C1. The molecule has 1 rings (SSSR count). The number of hydrogen-bond donors (Lipinski definition) is 0. The van der Waals surface area contributed by atoms with Gasteiger partial charge in [-0.05, 0) is 30.8 Å². The molecule has 12 heavy (non-hydrogen) atoms. The largest absolute Gasteiger partial charge is 0.311 e. The minimum absolute atomic E-state index is 0.676. The molecular weight excluding hydrogens is 168 g/mol. The maximum atomic E-state index is 5.37. The Balaban J connectivity index is 2.09. The van der Waals surface area contributed by atoms with Crippen LogP contribution in [0.4, 0.5) is 0 Å². The van der Waals surface area contributed by atoms with Gasteiger partial charge in [-0.25, -0.2) is 0 Å². The number of hydrogen-bond acceptors (Lipinski definition) is 2. The predicted octanol–water partition coefficient (Wildman–Crippen LogP) is 3.42. The molecule has 1 saturated carbocycles. The molecule has 1 fully saturated rings. The maximum absolute atomic E-state index is 5.37. The Morgan fingerprint density at radius 1 is 1.58 bits per heavy atom. The molecule has 0 aromatic rings. The molecule has 0 aliphatic heterocycles. The van der Waals surface area contributed by atoms with Crippen molar-refractivity contribution in [2.45, 2.75) is 37.9 Å². The minimum atomic E-state index is 0.676. The van der Waals surface area contributed by atoms with Gasteiger partial charge in [0.2, 0.25) is 0 Å². The third-order valence-electron chi connectivity index (χ3n) is 2.28. The Labute approximate surface area is 79.8 Å². The van der Waals surface area contributed by atoms with Gasteiger partial charge in [-0.2, -0.15) is 0 Å². The highest BCUT2D eigenvalue weighted by Crippen LogP contribution is 2.32. The van der Waals surface area contributed by atoms with E-state index in [2.05, 4.69) is 13.5 Å². The first-order valence-corrected chi connectivity index (χ1v) is 5.52. The molecular formula is C10H18OS. The van der Waals surface area contributed by atoms with Crippen molar-refractivity contribution in [3.63, 3.8) is 0 Å². The van der Waals surface area contributed by atoms with Gasteiger partial charge in [0.25, 0.3) is 0 Å². The van der Waals surface area contributed by atoms with Gasteiger partial charge in [-0.15, -0.1) is 6.58 Å². The Kier molecular flexibility index (Phi) is 4.77. The molecule has 2 heteroatoms. The highest BCUT2D eigenvalue weighted by atomic mass is 32.2. The van der Waals surface area contributed by atoms with Crippen molar-refractivity contribution in [1.82, 2.24) is 0 Å². The lowest BCUT2D eigenvalue weighted by molar-refractivity contribution is 0.369. The van der Waals surface area contributed by atoms with Crippen LogP contribution >= 0.6 is 12.0 Å². The van der Waals surface area contributed by atoms with Crippen LogP contribution in [0, 0.1) is 5.92 Å². The normalized spacial score (nSPS) is 30.1. The quantitative estimate of drug-likeness (QED) is 0.378. The molecule has 2 atom stereocenters. The highest BCUT2D eigenvalue weighted by Gasteiger charge is 2.19. The van der Waals surface area contributed by atoms with E-state index in [1.54, 1.807) is 18.1 Å². The molecule has 0 aromatic carbocycles. The van der Waals surface area contributed by atoms with Crippen molar-refractivity contribution in [3.8, 4) is 0 Å². The minimum Gasteiger partial charge on any atom is -0.311 e. The van der Waals surface area contributed by atoms with E-state index in [1.165, 1.54) is 25.7 Å². The van der Waals surface area contributed by atoms with Gasteiger partial charge >= 0.3 is 0 Å². The average Bonchev–Trinajstić information content (AvgIpc) is 2.05. The number of rotatable bonds is 4. The van der Waals surface area contributed by atoms with Crippen LogP contribution in [0.2, 0.25) is 0 Å². The molecule has 1 nitrogen and oxygen atoms in total. The van der Waals surface area contributed by atoms with Gasteiger partial charge < -0.3 is 4.18 Å². The first-order chi connectivity index (χ1) is 5.83. The van der Waals surface area contributed by atoms with Gasteiger partial charge in [0.15, 0.2) is 0 Å². The van der Waals surface area contributed by atoms with Crippen molar-refractivity contribution < 1.29 is 4.18 Å². The van der Waals surface area contributed by atoms with Crippen LogP contribution in [-0.2, 0) is 4.18 Å². The summed E-state index contributed by atoms with van der Waals surface area (Å²) in [5, 5.41) is 0.730. The van der Waals surface area contributed by atoms with E-state index in [0.717, 1.165) is 11.2 Å². The van der Waals surface area contributed by atoms with Gasteiger partial charge in [-0.3, -0.25) is 0 Å². The van der Waals surface area contributed by atoms with Crippen LogP contribution in [-0.4, -0.2) is 11.9 Å². The zero-order valence-electron chi connectivity index (χ0n) is 7.79. The Bertz CT molecular complexity index is 136. The molecule has 0 bridgehead atoms. The van der Waals surface area contributed by atoms with E-state index in [9.17, 15) is 0 Å². The zero-order chi connectivity index (χ0) is 8.81. The van der Waals surface area contributed by atoms with Crippen LogP contribution in [0.5, 0.6) is 0 Å². The summed E-state index contributed by atoms with van der Waals surface area (Å²) < 4.78 is 5.37. The summed E-state index contributed by atoms with van der Waals surface area (Å²) in [5.74, 6) is 0.892. The van der Waals surface area contributed by atoms with Crippen LogP contribution in [0.3, 0.4) is 0 Å². The topological polar surface area (TPSA) is 9.23 Å². The lowest BCUT2D eigenvalue weighted by Crippen LogP contribution is -2.15. The Morgan fingerprint density at radius 2 is 2.42 bits per heavy atom. The van der Waals surface area contributed by atoms with Gasteiger partial charge in [0.1, 0.15) is 0 Å². The first kappa shape index (κ1) is 10.1. The molecule has 0 spiro atoms. The van der Waals surface area contributed by atoms with Crippen molar-refractivity contribution in [1.29, 1.82) is 0 Å². The van der Waals surface area contributed by atoms with Gasteiger partial charge in [0.05, 0.1) is 6.61 Å². The van der Waals surface area contributed by atoms with Crippen LogP contribution in [0.25, 0.3) is 0 Å².